The number of rotatable bonds is 6. The molecular weight excluding hydrogens is 570 g/mol. The third-order valence-electron chi connectivity index (χ3n) is 9.12. The fraction of sp³-hybridized carbons (Fsp3) is 0.355. The van der Waals surface area contributed by atoms with Crippen LogP contribution in [0.3, 0.4) is 0 Å². The number of carboxylic acids is 1. The predicted molar refractivity (Wildman–Crippen MR) is 165 cm³/mol. The highest BCUT2D eigenvalue weighted by atomic mass is 19.2. The normalized spacial score (nSPS) is 19.0. The van der Waals surface area contributed by atoms with Gasteiger partial charge in [-0.25, -0.2) is 23.5 Å². The van der Waals surface area contributed by atoms with E-state index in [4.69, 9.17) is 0 Å². The fourth-order valence-electron chi connectivity index (χ4n) is 7.16. The zero-order chi connectivity index (χ0) is 31.0. The molecule has 5 aromatic rings. The Morgan fingerprint density at radius 1 is 1.18 bits per heavy atom. The molecule has 6 heterocycles. The average Bonchev–Trinajstić information content (AvgIpc) is 3.67. The molecule has 11 nitrogen and oxygen atoms in total. The number of benzene rings is 1. The maximum absolute atomic E-state index is 15.5. The van der Waals surface area contributed by atoms with E-state index in [0.29, 0.717) is 63.2 Å². The molecule has 2 aliphatic rings. The molecule has 13 heteroatoms. The number of H-pyrrole nitrogens is 1. The number of likely N-dealkylation sites (N-methyl/N-ethyl adjacent to an activating group) is 1. The molecule has 1 aromatic carbocycles. The summed E-state index contributed by atoms with van der Waals surface area (Å²) >= 11 is 0. The molecule has 0 radical (unpaired) electrons. The first-order valence-corrected chi connectivity index (χ1v) is 14.4. The number of aromatic amines is 1. The Hall–Kier alpha value is -4.62. The van der Waals surface area contributed by atoms with E-state index in [1.165, 1.54) is 4.40 Å². The molecule has 0 aliphatic carbocycles. The van der Waals surface area contributed by atoms with Gasteiger partial charge in [-0.1, -0.05) is 0 Å². The lowest BCUT2D eigenvalue weighted by Crippen LogP contribution is -2.34. The second-order valence-corrected chi connectivity index (χ2v) is 12.0. The molecule has 2 aliphatic heterocycles. The number of fused-ring (bicyclic) bond motifs is 5. The summed E-state index contributed by atoms with van der Waals surface area (Å²) in [6.45, 7) is 3.40. The number of pyridine rings is 2. The number of hydrogen-bond donors (Lipinski definition) is 3. The van der Waals surface area contributed by atoms with Crippen molar-refractivity contribution < 1.29 is 18.7 Å². The lowest BCUT2D eigenvalue weighted by Gasteiger charge is -2.25. The molecule has 7 rings (SSSR count). The van der Waals surface area contributed by atoms with Crippen LogP contribution in [0.25, 0.3) is 38.7 Å². The molecule has 228 valence electrons. The van der Waals surface area contributed by atoms with Gasteiger partial charge in [0.2, 0.25) is 0 Å². The predicted octanol–water partition coefficient (Wildman–Crippen LogP) is 3.61. The van der Waals surface area contributed by atoms with Crippen LogP contribution < -0.4 is 15.8 Å². The summed E-state index contributed by atoms with van der Waals surface area (Å²) < 4.78 is 31.5. The zero-order valence-corrected chi connectivity index (χ0v) is 24.8. The molecule has 4 aromatic heterocycles. The van der Waals surface area contributed by atoms with Gasteiger partial charge in [0.25, 0.3) is 5.56 Å². The molecule has 2 fully saturated rings. The number of halogens is 2. The van der Waals surface area contributed by atoms with Gasteiger partial charge in [0, 0.05) is 88.2 Å². The van der Waals surface area contributed by atoms with Gasteiger partial charge in [0.1, 0.15) is 16.9 Å². The molecule has 0 amide bonds. The molecule has 2 atom stereocenters. The van der Waals surface area contributed by atoms with Crippen LogP contribution in [-0.2, 0) is 6.54 Å². The van der Waals surface area contributed by atoms with Crippen molar-refractivity contribution in [3.05, 3.63) is 63.8 Å². The van der Waals surface area contributed by atoms with E-state index in [0.717, 1.165) is 43.9 Å². The number of aromatic nitrogens is 4. The van der Waals surface area contributed by atoms with Gasteiger partial charge in [-0.15, -0.1) is 0 Å². The van der Waals surface area contributed by atoms with E-state index in [9.17, 15) is 19.1 Å². The fourth-order valence-corrected chi connectivity index (χ4v) is 7.16. The molecular formula is C31H32F2N8O3. The summed E-state index contributed by atoms with van der Waals surface area (Å²) in [6, 6.07) is 3.41. The minimum absolute atomic E-state index is 0.0591. The van der Waals surface area contributed by atoms with Crippen LogP contribution >= 0.6 is 0 Å². The first kappa shape index (κ1) is 28.2. The van der Waals surface area contributed by atoms with Gasteiger partial charge in [-0.3, -0.25) is 14.1 Å². The lowest BCUT2D eigenvalue weighted by molar-refractivity contribution is 0.0694. The van der Waals surface area contributed by atoms with Crippen molar-refractivity contribution in [2.45, 2.75) is 19.0 Å². The Morgan fingerprint density at radius 3 is 2.70 bits per heavy atom. The number of carbonyl (C=O) groups is 1. The molecule has 0 spiro atoms. The highest BCUT2D eigenvalue weighted by Crippen LogP contribution is 2.43. The Labute approximate surface area is 250 Å². The maximum atomic E-state index is 15.5. The molecule has 44 heavy (non-hydrogen) atoms. The van der Waals surface area contributed by atoms with Crippen molar-refractivity contribution in [2.24, 2.45) is 5.92 Å². The van der Waals surface area contributed by atoms with Crippen molar-refractivity contribution in [2.75, 3.05) is 58.0 Å². The highest BCUT2D eigenvalue weighted by molar-refractivity contribution is 6.18. The number of aromatic carboxylic acids is 1. The largest absolute Gasteiger partial charge is 0.477 e. The van der Waals surface area contributed by atoms with Crippen molar-refractivity contribution in [3.8, 4) is 11.1 Å². The van der Waals surface area contributed by atoms with Gasteiger partial charge in [-0.05, 0) is 32.0 Å². The molecule has 0 bridgehead atoms. The topological polar surface area (TPSA) is 122 Å². The molecule has 2 saturated heterocycles. The van der Waals surface area contributed by atoms with E-state index in [1.54, 1.807) is 38.4 Å². The van der Waals surface area contributed by atoms with Crippen LogP contribution in [0.4, 0.5) is 20.2 Å². The van der Waals surface area contributed by atoms with Crippen LogP contribution in [0.15, 0.2) is 35.5 Å². The van der Waals surface area contributed by atoms with Gasteiger partial charge < -0.3 is 25.2 Å². The standard InChI is InChI=1S/C31H32F2N8O3/c1-34-21-8-20(32)25(33)23-24-27(38(2)3)18(9-35-28(24)37-26(21)23)16-7-17(12-40-6-5-15-11-39(4)14-22(15)40)29-36-10-19(31(43)44)30(42)41(29)13-16/h7-10,13,15,22,34H,5-6,11-12,14H2,1-4H3,(H,35,37)(H,43,44). The van der Waals surface area contributed by atoms with Crippen molar-refractivity contribution in [3.63, 3.8) is 0 Å². The quantitative estimate of drug-likeness (QED) is 0.268. The second kappa shape index (κ2) is 10.2. The smallest absolute Gasteiger partial charge is 0.342 e. The summed E-state index contributed by atoms with van der Waals surface area (Å²) in [7, 11) is 7.34. The third-order valence-corrected chi connectivity index (χ3v) is 9.12. The van der Waals surface area contributed by atoms with Crippen LogP contribution in [0.1, 0.15) is 22.3 Å². The van der Waals surface area contributed by atoms with Gasteiger partial charge in [-0.2, -0.15) is 0 Å². The number of likely N-dealkylation sites (tertiary alicyclic amines) is 2. The average molecular weight is 603 g/mol. The Bertz CT molecular complexity index is 2060. The Kier molecular flexibility index (Phi) is 6.55. The first-order valence-electron chi connectivity index (χ1n) is 14.4. The van der Waals surface area contributed by atoms with Gasteiger partial charge in [0.05, 0.1) is 27.7 Å². The Morgan fingerprint density at radius 2 is 1.98 bits per heavy atom. The number of nitrogens with one attached hydrogen (secondary N) is 2. The molecule has 3 N–H and O–H groups in total. The lowest BCUT2D eigenvalue weighted by atomic mass is 10.0. The van der Waals surface area contributed by atoms with Crippen molar-refractivity contribution in [1.29, 1.82) is 0 Å². The maximum Gasteiger partial charge on any atom is 0.342 e. The number of nitrogens with zero attached hydrogens (tertiary/aromatic N) is 6. The van der Waals surface area contributed by atoms with Crippen LogP contribution in [0, 0.1) is 17.6 Å². The van der Waals surface area contributed by atoms with E-state index in [1.807, 2.05) is 6.07 Å². The third kappa shape index (κ3) is 4.21. The minimum Gasteiger partial charge on any atom is -0.477 e. The van der Waals surface area contributed by atoms with Crippen molar-refractivity contribution in [1.82, 2.24) is 29.2 Å². The molecule has 2 unspecified atom stereocenters. The van der Waals surface area contributed by atoms with Crippen LogP contribution in [0.2, 0.25) is 0 Å². The number of carboxylic acid groups (broad SMARTS) is 1. The number of anilines is 2. The second-order valence-electron chi connectivity index (χ2n) is 12.0. The van der Waals surface area contributed by atoms with E-state index >= 15 is 4.39 Å². The first-order chi connectivity index (χ1) is 21.1. The summed E-state index contributed by atoms with van der Waals surface area (Å²) in [6.07, 6.45) is 5.37. The van der Waals surface area contributed by atoms with E-state index in [-0.39, 0.29) is 5.39 Å². The van der Waals surface area contributed by atoms with Crippen LogP contribution in [0.5, 0.6) is 0 Å². The highest BCUT2D eigenvalue weighted by Gasteiger charge is 2.40. The zero-order valence-electron chi connectivity index (χ0n) is 24.8. The summed E-state index contributed by atoms with van der Waals surface area (Å²) in [4.78, 5) is 44.1. The van der Waals surface area contributed by atoms with E-state index < -0.39 is 28.7 Å². The molecule has 0 saturated carbocycles. The van der Waals surface area contributed by atoms with Crippen molar-refractivity contribution >= 4 is 44.9 Å². The Balaban J connectivity index is 1.49. The SMILES string of the molecule is CNc1cc(F)c(F)c2c1[nH]c1ncc(-c3cc(CN4CCC5CN(C)CC54)c4ncc(C(=O)O)c(=O)n4c3)c(N(C)C)c12. The monoisotopic (exact) mass is 602 g/mol. The van der Waals surface area contributed by atoms with Gasteiger partial charge >= 0.3 is 5.97 Å². The minimum atomic E-state index is -1.37. The summed E-state index contributed by atoms with van der Waals surface area (Å²) in [5, 5.41) is 13.0. The van der Waals surface area contributed by atoms with Crippen LogP contribution in [-0.4, -0.2) is 94.1 Å². The number of hydrogen-bond acceptors (Lipinski definition) is 8. The summed E-state index contributed by atoms with van der Waals surface area (Å²) in [5.74, 6) is -2.79. The van der Waals surface area contributed by atoms with Gasteiger partial charge in [0.15, 0.2) is 11.6 Å². The summed E-state index contributed by atoms with van der Waals surface area (Å²) in [5.41, 5.74) is 2.81. The van der Waals surface area contributed by atoms with E-state index in [2.05, 4.69) is 37.1 Å².